The van der Waals surface area contributed by atoms with Crippen LogP contribution in [0.1, 0.15) is 40.3 Å². The molecule has 0 spiro atoms. The molecular weight excluding hydrogens is 525 g/mol. The van der Waals surface area contributed by atoms with Crippen molar-refractivity contribution in [2.24, 2.45) is 0 Å². The van der Waals surface area contributed by atoms with Crippen LogP contribution in [0, 0.1) is 13.8 Å². The number of benzene rings is 2. The number of hydrogen-bond acceptors (Lipinski definition) is 4. The van der Waals surface area contributed by atoms with E-state index < -0.39 is 17.8 Å². The number of aryl methyl sites for hydroxylation is 1. The van der Waals surface area contributed by atoms with E-state index >= 15 is 0 Å². The third-order valence-corrected chi connectivity index (χ3v) is 7.30. The minimum atomic E-state index is -4.50. The summed E-state index contributed by atoms with van der Waals surface area (Å²) in [6, 6.07) is 17.8. The van der Waals surface area contributed by atoms with Crippen molar-refractivity contribution < 1.29 is 22.6 Å². The molecule has 0 unspecified atom stereocenters. The Balaban J connectivity index is 1.72. The number of nitrogens with zero attached hydrogens (tertiary/aromatic N) is 3. The zero-order valence-electron chi connectivity index (χ0n) is 21.8. The van der Waals surface area contributed by atoms with E-state index in [-0.39, 0.29) is 11.7 Å². The van der Waals surface area contributed by atoms with Gasteiger partial charge in [0.2, 0.25) is 0 Å². The van der Waals surface area contributed by atoms with Gasteiger partial charge in [0, 0.05) is 23.7 Å². The van der Waals surface area contributed by atoms with Crippen molar-refractivity contribution in [1.29, 1.82) is 0 Å². The summed E-state index contributed by atoms with van der Waals surface area (Å²) in [5.74, 6) is 1.16. The third kappa shape index (κ3) is 4.69. The number of methoxy groups -OCH3 is 2. The van der Waals surface area contributed by atoms with Crippen LogP contribution in [0.2, 0.25) is 0 Å². The Labute approximate surface area is 230 Å². The van der Waals surface area contributed by atoms with Crippen molar-refractivity contribution in [3.8, 4) is 17.2 Å². The van der Waals surface area contributed by atoms with Crippen LogP contribution < -0.4 is 19.7 Å². The maximum atomic E-state index is 14.0. The molecule has 0 aliphatic carbocycles. The molecule has 10 heteroatoms. The number of halogens is 3. The molecule has 2 atom stereocenters. The van der Waals surface area contributed by atoms with Gasteiger partial charge in [0.25, 0.3) is 0 Å². The van der Waals surface area contributed by atoms with Crippen LogP contribution in [0.4, 0.5) is 18.9 Å². The molecule has 2 aromatic heterocycles. The van der Waals surface area contributed by atoms with Gasteiger partial charge in [-0.2, -0.15) is 13.2 Å². The van der Waals surface area contributed by atoms with Crippen molar-refractivity contribution >= 4 is 23.0 Å². The lowest BCUT2D eigenvalue weighted by Gasteiger charge is -2.29. The molecule has 4 aromatic rings. The van der Waals surface area contributed by atoms with E-state index in [9.17, 15) is 13.2 Å². The minimum Gasteiger partial charge on any atom is -0.497 e. The average Bonchev–Trinajstić information content (AvgIpc) is 3.42. The lowest BCUT2D eigenvalue weighted by Crippen LogP contribution is -2.30. The van der Waals surface area contributed by atoms with E-state index in [0.717, 1.165) is 17.3 Å². The number of thiocarbonyl (C=S) groups is 1. The van der Waals surface area contributed by atoms with Crippen molar-refractivity contribution in [3.05, 3.63) is 101 Å². The molecule has 2 aromatic carbocycles. The summed E-state index contributed by atoms with van der Waals surface area (Å²) in [4.78, 5) is 6.52. The maximum absolute atomic E-state index is 14.0. The van der Waals surface area contributed by atoms with Crippen molar-refractivity contribution in [2.75, 3.05) is 19.1 Å². The van der Waals surface area contributed by atoms with Crippen LogP contribution >= 0.6 is 12.2 Å². The lowest BCUT2D eigenvalue weighted by molar-refractivity contribution is -0.137. The molecule has 1 N–H and O–H groups in total. The summed E-state index contributed by atoms with van der Waals surface area (Å²) >= 11 is 5.84. The Morgan fingerprint density at radius 3 is 2.33 bits per heavy atom. The van der Waals surface area contributed by atoms with Gasteiger partial charge in [-0.3, -0.25) is 4.98 Å². The summed E-state index contributed by atoms with van der Waals surface area (Å²) in [5, 5.41) is 3.84. The number of aromatic nitrogens is 2. The molecule has 1 aliphatic heterocycles. The Bertz CT molecular complexity index is 1520. The number of anilines is 1. The molecule has 1 saturated heterocycles. The maximum Gasteiger partial charge on any atom is 0.418 e. The lowest BCUT2D eigenvalue weighted by atomic mass is 9.96. The first-order chi connectivity index (χ1) is 18.7. The molecule has 39 heavy (non-hydrogen) atoms. The largest absolute Gasteiger partial charge is 0.497 e. The van der Waals surface area contributed by atoms with Gasteiger partial charge in [0.1, 0.15) is 11.5 Å². The average molecular weight is 553 g/mol. The Kier molecular flexibility index (Phi) is 6.98. The van der Waals surface area contributed by atoms with Crippen LogP contribution in [-0.4, -0.2) is 28.9 Å². The third-order valence-electron chi connectivity index (χ3n) is 6.98. The number of hydrogen-bond donors (Lipinski definition) is 1. The molecule has 0 bridgehead atoms. The normalized spacial score (nSPS) is 17.3. The first-order valence-electron chi connectivity index (χ1n) is 12.2. The van der Waals surface area contributed by atoms with E-state index in [0.29, 0.717) is 33.7 Å². The summed E-state index contributed by atoms with van der Waals surface area (Å²) in [6.45, 7) is 3.63. The second-order valence-corrected chi connectivity index (χ2v) is 9.60. The van der Waals surface area contributed by atoms with E-state index in [1.54, 1.807) is 44.0 Å². The first kappa shape index (κ1) is 26.6. The van der Waals surface area contributed by atoms with Gasteiger partial charge in [-0.15, -0.1) is 0 Å². The van der Waals surface area contributed by atoms with Crippen molar-refractivity contribution in [1.82, 2.24) is 14.9 Å². The highest BCUT2D eigenvalue weighted by molar-refractivity contribution is 7.80. The molecule has 0 amide bonds. The number of nitrogens with one attached hydrogen (secondary N) is 1. The predicted octanol–water partition coefficient (Wildman–Crippen LogP) is 6.70. The molecule has 3 heterocycles. The van der Waals surface area contributed by atoms with Gasteiger partial charge in [-0.05, 0) is 74.1 Å². The van der Waals surface area contributed by atoms with Crippen LogP contribution in [0.3, 0.4) is 0 Å². The number of alkyl halides is 3. The van der Waals surface area contributed by atoms with Gasteiger partial charge < -0.3 is 24.3 Å². The fourth-order valence-electron chi connectivity index (χ4n) is 5.28. The smallest absolute Gasteiger partial charge is 0.418 e. The van der Waals surface area contributed by atoms with Crippen molar-refractivity contribution in [3.63, 3.8) is 0 Å². The molecule has 1 aliphatic rings. The first-order valence-corrected chi connectivity index (χ1v) is 12.6. The van der Waals surface area contributed by atoms with Gasteiger partial charge >= 0.3 is 6.18 Å². The van der Waals surface area contributed by atoms with Crippen LogP contribution in [0.5, 0.6) is 11.5 Å². The van der Waals surface area contributed by atoms with Gasteiger partial charge in [-0.1, -0.05) is 18.2 Å². The van der Waals surface area contributed by atoms with E-state index in [2.05, 4.69) is 10.3 Å². The molecule has 1 fully saturated rings. The zero-order chi connectivity index (χ0) is 27.9. The predicted molar refractivity (Wildman–Crippen MR) is 148 cm³/mol. The molecule has 0 saturated carbocycles. The number of para-hydroxylation sites is 1. The highest BCUT2D eigenvalue weighted by atomic mass is 32.1. The number of ether oxygens (including phenoxy) is 2. The monoisotopic (exact) mass is 552 g/mol. The van der Waals surface area contributed by atoms with E-state index in [1.165, 1.54) is 12.1 Å². The summed E-state index contributed by atoms with van der Waals surface area (Å²) < 4.78 is 54.7. The standard InChI is InChI=1S/C29H27F3N4O2S/c1-17-15-20(18(2)35(17)23-11-6-5-9-21(23)29(30,31)32)27-26(22-10-7-8-14-33-22)34-28(39)36(27)24-13-12-19(37-3)16-25(24)38-4/h5-16,26-27H,1-4H3,(H,34,39)/t26-,27-/m0/s1. The summed E-state index contributed by atoms with van der Waals surface area (Å²) in [5.41, 5.74) is 2.96. The molecule has 6 nitrogen and oxygen atoms in total. The SMILES string of the molecule is COc1ccc(N2C(=S)N[C@@H](c3ccccn3)[C@@H]2c2cc(C)n(-c3ccccc3C(F)(F)F)c2C)c(OC)c1. The fraction of sp³-hybridized carbons (Fsp3) is 0.241. The summed E-state index contributed by atoms with van der Waals surface area (Å²) in [7, 11) is 3.14. The second-order valence-electron chi connectivity index (χ2n) is 9.21. The van der Waals surface area contributed by atoms with Gasteiger partial charge in [0.05, 0.1) is 48.9 Å². The van der Waals surface area contributed by atoms with Crippen LogP contribution in [0.15, 0.2) is 72.9 Å². The fourth-order valence-corrected chi connectivity index (χ4v) is 5.62. The molecule has 5 rings (SSSR count). The Morgan fingerprint density at radius 1 is 0.923 bits per heavy atom. The molecule has 202 valence electrons. The van der Waals surface area contributed by atoms with Crippen molar-refractivity contribution in [2.45, 2.75) is 32.1 Å². The van der Waals surface area contributed by atoms with Crippen LogP contribution in [-0.2, 0) is 6.18 Å². The second kappa shape index (κ2) is 10.3. The Morgan fingerprint density at radius 2 is 1.67 bits per heavy atom. The van der Waals surface area contributed by atoms with E-state index in [1.807, 2.05) is 48.2 Å². The van der Waals surface area contributed by atoms with Crippen LogP contribution in [0.25, 0.3) is 5.69 Å². The highest BCUT2D eigenvalue weighted by Crippen LogP contribution is 2.47. The minimum absolute atomic E-state index is 0.0720. The quantitative estimate of drug-likeness (QED) is 0.269. The number of rotatable bonds is 6. The molecule has 0 radical (unpaired) electrons. The van der Waals surface area contributed by atoms with Gasteiger partial charge in [0.15, 0.2) is 5.11 Å². The molecular formula is C29H27F3N4O2S. The summed E-state index contributed by atoms with van der Waals surface area (Å²) in [6.07, 6.45) is -2.80. The highest BCUT2D eigenvalue weighted by Gasteiger charge is 2.43. The Hall–Kier alpha value is -4.05. The van der Waals surface area contributed by atoms with E-state index in [4.69, 9.17) is 21.7 Å². The zero-order valence-corrected chi connectivity index (χ0v) is 22.6. The topological polar surface area (TPSA) is 51.5 Å². The van der Waals surface area contributed by atoms with Gasteiger partial charge in [-0.25, -0.2) is 0 Å². The number of pyridine rings is 1.